The number of carbonyl (C=O) groups excluding carboxylic acids is 1. The van der Waals surface area contributed by atoms with Crippen LogP contribution in [-0.4, -0.2) is 53.2 Å². The van der Waals surface area contributed by atoms with Gasteiger partial charge in [-0.05, 0) is 37.9 Å². The SMILES string of the molecule is Cc1nc(-c2ccc(-c3ccc(C(=O)Nc4cc(OCCN(C)C)c(C#N)cn4)cc3)c(Cl)c2)no1. The molecule has 9 nitrogen and oxygen atoms in total. The van der Waals surface area contributed by atoms with Gasteiger partial charge in [0.15, 0.2) is 0 Å². The molecule has 0 aliphatic rings. The van der Waals surface area contributed by atoms with Gasteiger partial charge in [0.1, 0.15) is 29.8 Å². The molecule has 0 unspecified atom stereocenters. The van der Waals surface area contributed by atoms with Crippen molar-refractivity contribution in [3.8, 4) is 34.3 Å². The lowest BCUT2D eigenvalue weighted by atomic mass is 10.0. The van der Waals surface area contributed by atoms with E-state index in [1.807, 2.05) is 49.3 Å². The van der Waals surface area contributed by atoms with Crippen molar-refractivity contribution in [2.24, 2.45) is 0 Å². The highest BCUT2D eigenvalue weighted by atomic mass is 35.5. The molecule has 4 aromatic rings. The lowest BCUT2D eigenvalue weighted by Crippen LogP contribution is -2.20. The average Bonchev–Trinajstić information content (AvgIpc) is 3.30. The molecule has 0 saturated heterocycles. The Labute approximate surface area is 213 Å². The number of likely N-dealkylation sites (N-methyl/N-ethyl adjacent to an activating group) is 1. The smallest absolute Gasteiger partial charge is 0.256 e. The summed E-state index contributed by atoms with van der Waals surface area (Å²) >= 11 is 6.51. The van der Waals surface area contributed by atoms with Crippen molar-refractivity contribution in [2.75, 3.05) is 32.6 Å². The lowest BCUT2D eigenvalue weighted by molar-refractivity contribution is 0.102. The van der Waals surface area contributed by atoms with Gasteiger partial charge in [0.05, 0.1) is 6.20 Å². The van der Waals surface area contributed by atoms with Crippen LogP contribution in [0.15, 0.2) is 59.3 Å². The molecule has 1 N–H and O–H groups in total. The summed E-state index contributed by atoms with van der Waals surface area (Å²) in [4.78, 5) is 23.1. The van der Waals surface area contributed by atoms with Gasteiger partial charge in [-0.25, -0.2) is 4.98 Å². The predicted octanol–water partition coefficient (Wildman–Crippen LogP) is 4.82. The van der Waals surface area contributed by atoms with Crippen molar-refractivity contribution in [1.29, 1.82) is 5.26 Å². The number of anilines is 1. The van der Waals surface area contributed by atoms with E-state index >= 15 is 0 Å². The van der Waals surface area contributed by atoms with E-state index in [4.69, 9.17) is 20.9 Å². The second-order valence-electron chi connectivity index (χ2n) is 8.19. The van der Waals surface area contributed by atoms with Crippen LogP contribution in [0.25, 0.3) is 22.5 Å². The van der Waals surface area contributed by atoms with Gasteiger partial charge in [-0.3, -0.25) is 4.79 Å². The van der Waals surface area contributed by atoms with Gasteiger partial charge >= 0.3 is 0 Å². The molecule has 0 radical (unpaired) electrons. The van der Waals surface area contributed by atoms with Crippen LogP contribution in [0.3, 0.4) is 0 Å². The van der Waals surface area contributed by atoms with Crippen molar-refractivity contribution < 1.29 is 14.1 Å². The summed E-state index contributed by atoms with van der Waals surface area (Å²) in [5, 5.41) is 16.5. The number of ether oxygens (including phenoxy) is 1. The summed E-state index contributed by atoms with van der Waals surface area (Å²) in [7, 11) is 3.86. The minimum atomic E-state index is -0.341. The third-order valence-electron chi connectivity index (χ3n) is 5.24. The Balaban J connectivity index is 1.46. The van der Waals surface area contributed by atoms with Gasteiger partial charge in [-0.2, -0.15) is 10.2 Å². The van der Waals surface area contributed by atoms with Crippen LogP contribution in [0.4, 0.5) is 5.82 Å². The van der Waals surface area contributed by atoms with Crippen molar-refractivity contribution in [3.05, 3.63) is 76.8 Å². The molecule has 0 bridgehead atoms. The predicted molar refractivity (Wildman–Crippen MR) is 136 cm³/mol. The Morgan fingerprint density at radius 2 is 1.92 bits per heavy atom. The standard InChI is InChI=1S/C26H23ClN6O3/c1-16-30-25(32-36-16)19-8-9-21(22(27)12-19)17-4-6-18(7-5-17)26(34)31-24-13-23(20(14-28)15-29-24)35-11-10-33(2)3/h4-9,12-13,15H,10-11H2,1-3H3,(H,29,31,34). The molecular formula is C26H23ClN6O3. The van der Waals surface area contributed by atoms with Crippen LogP contribution in [0.5, 0.6) is 5.75 Å². The number of carbonyl (C=O) groups is 1. The number of nitriles is 1. The minimum absolute atomic E-state index is 0.290. The number of aryl methyl sites for hydroxylation is 1. The first-order valence-corrected chi connectivity index (χ1v) is 11.4. The highest BCUT2D eigenvalue weighted by Gasteiger charge is 2.13. The van der Waals surface area contributed by atoms with Crippen LogP contribution in [0, 0.1) is 18.3 Å². The molecule has 182 valence electrons. The first-order valence-electron chi connectivity index (χ1n) is 11.0. The van der Waals surface area contributed by atoms with Gasteiger partial charge in [0, 0.05) is 41.2 Å². The second kappa shape index (κ2) is 11.0. The van der Waals surface area contributed by atoms with Crippen molar-refractivity contribution >= 4 is 23.3 Å². The molecule has 0 aliphatic heterocycles. The number of aromatic nitrogens is 3. The van der Waals surface area contributed by atoms with Crippen LogP contribution >= 0.6 is 11.6 Å². The number of nitrogens with one attached hydrogen (secondary N) is 1. The summed E-state index contributed by atoms with van der Waals surface area (Å²) in [6, 6.07) is 16.1. The molecule has 0 spiro atoms. The lowest BCUT2D eigenvalue weighted by Gasteiger charge is -2.13. The molecule has 2 aromatic heterocycles. The van der Waals surface area contributed by atoms with E-state index in [1.165, 1.54) is 6.20 Å². The maximum absolute atomic E-state index is 12.8. The van der Waals surface area contributed by atoms with Gasteiger partial charge < -0.3 is 19.5 Å². The second-order valence-corrected chi connectivity index (χ2v) is 8.60. The van der Waals surface area contributed by atoms with Crippen LogP contribution in [0.1, 0.15) is 21.8 Å². The third-order valence-corrected chi connectivity index (χ3v) is 5.55. The van der Waals surface area contributed by atoms with Crippen LogP contribution in [-0.2, 0) is 0 Å². The summed E-state index contributed by atoms with van der Waals surface area (Å²) in [5.41, 5.74) is 3.14. The fraction of sp³-hybridized carbons (Fsp3) is 0.192. The van der Waals surface area contributed by atoms with E-state index < -0.39 is 0 Å². The topological polar surface area (TPSA) is 117 Å². The van der Waals surface area contributed by atoms with Gasteiger partial charge in [0.25, 0.3) is 5.91 Å². The molecule has 1 amide bonds. The first-order chi connectivity index (χ1) is 17.3. The Bertz CT molecular complexity index is 1430. The quantitative estimate of drug-likeness (QED) is 0.364. The number of hydrogen-bond donors (Lipinski definition) is 1. The Hall–Kier alpha value is -4.26. The zero-order valence-electron chi connectivity index (χ0n) is 19.9. The number of halogens is 1. The van der Waals surface area contributed by atoms with Crippen molar-refractivity contribution in [2.45, 2.75) is 6.92 Å². The maximum Gasteiger partial charge on any atom is 0.256 e. The van der Waals surface area contributed by atoms with E-state index in [2.05, 4.69) is 20.4 Å². The Morgan fingerprint density at radius 1 is 1.17 bits per heavy atom. The minimum Gasteiger partial charge on any atom is -0.491 e. The largest absolute Gasteiger partial charge is 0.491 e. The summed E-state index contributed by atoms with van der Waals surface area (Å²) in [6.45, 7) is 2.81. The van der Waals surface area contributed by atoms with Gasteiger partial charge in [-0.1, -0.05) is 41.0 Å². The Kier molecular flexibility index (Phi) is 7.59. The number of hydrogen-bond acceptors (Lipinski definition) is 8. The zero-order valence-corrected chi connectivity index (χ0v) is 20.7. The molecule has 4 rings (SSSR count). The number of pyridine rings is 1. The van der Waals surface area contributed by atoms with E-state index in [1.54, 1.807) is 31.2 Å². The molecular weight excluding hydrogens is 480 g/mol. The molecule has 36 heavy (non-hydrogen) atoms. The average molecular weight is 503 g/mol. The van der Waals surface area contributed by atoms with E-state index in [0.29, 0.717) is 52.6 Å². The van der Waals surface area contributed by atoms with Gasteiger partial charge in [-0.15, -0.1) is 0 Å². The Morgan fingerprint density at radius 3 is 2.56 bits per heavy atom. The number of benzene rings is 2. The first kappa shape index (κ1) is 24.9. The molecule has 10 heteroatoms. The molecule has 0 fully saturated rings. The number of nitrogens with zero attached hydrogens (tertiary/aromatic N) is 5. The highest BCUT2D eigenvalue weighted by Crippen LogP contribution is 2.32. The fourth-order valence-corrected chi connectivity index (χ4v) is 3.63. The number of rotatable bonds is 8. The summed E-state index contributed by atoms with van der Waals surface area (Å²) in [6.07, 6.45) is 1.38. The summed E-state index contributed by atoms with van der Waals surface area (Å²) < 4.78 is 10.7. The van der Waals surface area contributed by atoms with E-state index in [0.717, 1.165) is 16.7 Å². The monoisotopic (exact) mass is 502 g/mol. The summed E-state index contributed by atoms with van der Waals surface area (Å²) in [5.74, 6) is 1.26. The maximum atomic E-state index is 12.8. The zero-order chi connectivity index (χ0) is 25.7. The normalized spacial score (nSPS) is 10.8. The van der Waals surface area contributed by atoms with Crippen LogP contribution in [0.2, 0.25) is 5.02 Å². The van der Waals surface area contributed by atoms with E-state index in [9.17, 15) is 10.1 Å². The third kappa shape index (κ3) is 5.86. The molecule has 2 aromatic carbocycles. The highest BCUT2D eigenvalue weighted by molar-refractivity contribution is 6.33. The van der Waals surface area contributed by atoms with Gasteiger partial charge in [0.2, 0.25) is 11.7 Å². The number of amides is 1. The van der Waals surface area contributed by atoms with Crippen LogP contribution < -0.4 is 10.1 Å². The van der Waals surface area contributed by atoms with Crippen molar-refractivity contribution in [1.82, 2.24) is 20.0 Å². The molecule has 2 heterocycles. The van der Waals surface area contributed by atoms with Crippen molar-refractivity contribution in [3.63, 3.8) is 0 Å². The van der Waals surface area contributed by atoms with E-state index in [-0.39, 0.29) is 5.91 Å². The molecule has 0 atom stereocenters. The molecule has 0 saturated carbocycles. The fourth-order valence-electron chi connectivity index (χ4n) is 3.34. The molecule has 0 aliphatic carbocycles.